The maximum Gasteiger partial charge on any atom is 0.0143 e. The van der Waals surface area contributed by atoms with Gasteiger partial charge >= 0.3 is 0 Å². The standard InChI is InChI=1S/C8H9NS/c1-2-6-9(5-1)10-7-3-4-8-10/h1-8,10H. The molecule has 52 valence electrons. The van der Waals surface area contributed by atoms with Gasteiger partial charge in [-0.1, -0.05) is 12.2 Å². The number of allylic oxidation sites excluding steroid dienone is 2. The van der Waals surface area contributed by atoms with Gasteiger partial charge in [0, 0.05) is 12.4 Å². The molecule has 1 nitrogen and oxygen atoms in total. The SMILES string of the molecule is C1=C[SH](n2cccc2)C=C1. The highest BCUT2D eigenvalue weighted by Crippen LogP contribution is 2.33. The molecule has 1 aliphatic heterocycles. The predicted octanol–water partition coefficient (Wildman–Crippen LogP) is 2.29. The van der Waals surface area contributed by atoms with Crippen molar-refractivity contribution in [2.24, 2.45) is 0 Å². The normalized spacial score (nSPS) is 18.6. The molecule has 0 spiro atoms. The van der Waals surface area contributed by atoms with Crippen LogP contribution < -0.4 is 0 Å². The maximum atomic E-state index is 2.23. The average Bonchev–Trinajstić information content (AvgIpc) is 2.59. The molecule has 0 saturated heterocycles. The Morgan fingerprint density at radius 2 is 1.50 bits per heavy atom. The Morgan fingerprint density at radius 1 is 0.900 bits per heavy atom. The molecule has 2 rings (SSSR count). The molecule has 0 atom stereocenters. The van der Waals surface area contributed by atoms with Gasteiger partial charge in [-0.3, -0.25) is 0 Å². The minimum atomic E-state index is -0.148. The lowest BCUT2D eigenvalue weighted by atomic mass is 10.6. The summed E-state index contributed by atoms with van der Waals surface area (Å²) in [6, 6.07) is 4.12. The Bertz CT molecular complexity index is 247. The van der Waals surface area contributed by atoms with Gasteiger partial charge in [0.2, 0.25) is 0 Å². The number of aromatic nitrogens is 1. The van der Waals surface area contributed by atoms with Gasteiger partial charge in [-0.2, -0.15) is 0 Å². The van der Waals surface area contributed by atoms with Gasteiger partial charge in [0.25, 0.3) is 0 Å². The largest absolute Gasteiger partial charge is 0.313 e. The number of hydrogen-bond acceptors (Lipinski definition) is 0. The monoisotopic (exact) mass is 151 g/mol. The van der Waals surface area contributed by atoms with Gasteiger partial charge in [-0.05, 0) is 22.9 Å². The van der Waals surface area contributed by atoms with Crippen molar-refractivity contribution < 1.29 is 0 Å². The zero-order valence-electron chi connectivity index (χ0n) is 5.51. The first-order valence-corrected chi connectivity index (χ1v) is 4.67. The van der Waals surface area contributed by atoms with E-state index in [1.807, 2.05) is 0 Å². The molecule has 0 bridgehead atoms. The van der Waals surface area contributed by atoms with Crippen LogP contribution in [0.25, 0.3) is 0 Å². The molecule has 1 aromatic rings. The van der Waals surface area contributed by atoms with E-state index in [1.54, 1.807) is 0 Å². The third kappa shape index (κ3) is 0.907. The van der Waals surface area contributed by atoms with Crippen molar-refractivity contribution in [1.29, 1.82) is 0 Å². The Morgan fingerprint density at radius 3 is 2.10 bits per heavy atom. The van der Waals surface area contributed by atoms with Crippen molar-refractivity contribution in [2.45, 2.75) is 0 Å². The van der Waals surface area contributed by atoms with Crippen LogP contribution in [-0.4, -0.2) is 3.97 Å². The van der Waals surface area contributed by atoms with Crippen LogP contribution in [0.2, 0.25) is 0 Å². The molecular weight excluding hydrogens is 142 g/mol. The van der Waals surface area contributed by atoms with Crippen molar-refractivity contribution >= 4 is 11.1 Å². The lowest BCUT2D eigenvalue weighted by Gasteiger charge is -2.10. The zero-order chi connectivity index (χ0) is 6.81. The lowest BCUT2D eigenvalue weighted by Crippen LogP contribution is -1.82. The summed E-state index contributed by atoms with van der Waals surface area (Å²) in [5.41, 5.74) is 0. The number of nitrogens with zero attached hydrogens (tertiary/aromatic N) is 1. The first kappa shape index (κ1) is 5.86. The molecule has 0 amide bonds. The first-order valence-electron chi connectivity index (χ1n) is 3.23. The number of rotatable bonds is 1. The van der Waals surface area contributed by atoms with E-state index in [9.17, 15) is 0 Å². The fourth-order valence-corrected chi connectivity index (χ4v) is 2.38. The first-order chi connectivity index (χ1) is 4.97. The van der Waals surface area contributed by atoms with Crippen LogP contribution >= 0.6 is 11.1 Å². The summed E-state index contributed by atoms with van der Waals surface area (Å²) >= 11 is -0.148. The van der Waals surface area contributed by atoms with Gasteiger partial charge in [0.05, 0.1) is 0 Å². The van der Waals surface area contributed by atoms with Crippen LogP contribution in [0.1, 0.15) is 0 Å². The minimum Gasteiger partial charge on any atom is -0.313 e. The van der Waals surface area contributed by atoms with Crippen molar-refractivity contribution in [3.8, 4) is 0 Å². The van der Waals surface area contributed by atoms with E-state index in [4.69, 9.17) is 0 Å². The molecule has 1 aliphatic rings. The summed E-state index contributed by atoms with van der Waals surface area (Å²) in [5.74, 6) is 0. The van der Waals surface area contributed by atoms with Crippen molar-refractivity contribution in [1.82, 2.24) is 3.97 Å². The van der Waals surface area contributed by atoms with Crippen LogP contribution in [-0.2, 0) is 0 Å². The molecule has 0 aromatic carbocycles. The second kappa shape index (κ2) is 2.39. The smallest absolute Gasteiger partial charge is 0.0143 e. The van der Waals surface area contributed by atoms with Crippen molar-refractivity contribution in [3.05, 3.63) is 47.5 Å². The second-order valence-corrected chi connectivity index (χ2v) is 3.94. The van der Waals surface area contributed by atoms with Crippen molar-refractivity contribution in [3.63, 3.8) is 0 Å². The van der Waals surface area contributed by atoms with Crippen LogP contribution in [0.5, 0.6) is 0 Å². The Balaban J connectivity index is 2.29. The fraction of sp³-hybridized carbons (Fsp3) is 0. The molecular formula is C8H9NS. The van der Waals surface area contributed by atoms with Crippen LogP contribution in [0.3, 0.4) is 0 Å². The van der Waals surface area contributed by atoms with Crippen LogP contribution in [0.4, 0.5) is 0 Å². The van der Waals surface area contributed by atoms with E-state index >= 15 is 0 Å². The van der Waals surface area contributed by atoms with Gasteiger partial charge in [0.15, 0.2) is 0 Å². The average molecular weight is 151 g/mol. The molecule has 10 heavy (non-hydrogen) atoms. The highest BCUT2D eigenvalue weighted by atomic mass is 32.2. The summed E-state index contributed by atoms with van der Waals surface area (Å²) in [5, 5.41) is 4.46. The van der Waals surface area contributed by atoms with E-state index in [1.165, 1.54) is 0 Å². The molecule has 2 heterocycles. The molecule has 0 radical (unpaired) electrons. The molecule has 0 fully saturated rings. The highest BCUT2D eigenvalue weighted by Gasteiger charge is 1.97. The molecule has 2 heteroatoms. The van der Waals surface area contributed by atoms with Gasteiger partial charge < -0.3 is 3.97 Å². The minimum absolute atomic E-state index is 0.148. The van der Waals surface area contributed by atoms with Gasteiger partial charge in [-0.25, -0.2) is 0 Å². The third-order valence-corrected chi connectivity index (χ3v) is 3.20. The summed E-state index contributed by atoms with van der Waals surface area (Å²) < 4.78 is 2.23. The van der Waals surface area contributed by atoms with Crippen LogP contribution in [0.15, 0.2) is 47.5 Å². The molecule has 0 unspecified atom stereocenters. The summed E-state index contributed by atoms with van der Waals surface area (Å²) in [7, 11) is 0. The molecule has 0 saturated carbocycles. The topological polar surface area (TPSA) is 4.93 Å². The quantitative estimate of drug-likeness (QED) is 0.588. The zero-order valence-corrected chi connectivity index (χ0v) is 6.41. The van der Waals surface area contributed by atoms with E-state index in [-0.39, 0.29) is 11.1 Å². The molecule has 0 aliphatic carbocycles. The summed E-state index contributed by atoms with van der Waals surface area (Å²) in [6.07, 6.45) is 8.41. The van der Waals surface area contributed by atoms with Crippen molar-refractivity contribution in [2.75, 3.05) is 0 Å². The maximum absolute atomic E-state index is 2.23. The predicted molar refractivity (Wildman–Crippen MR) is 47.1 cm³/mol. The Kier molecular flexibility index (Phi) is 1.40. The van der Waals surface area contributed by atoms with Gasteiger partial charge in [0.1, 0.15) is 0 Å². The van der Waals surface area contributed by atoms with Crippen LogP contribution in [0, 0.1) is 0 Å². The highest BCUT2D eigenvalue weighted by molar-refractivity contribution is 8.21. The van der Waals surface area contributed by atoms with E-state index in [0.717, 1.165) is 0 Å². The van der Waals surface area contributed by atoms with E-state index in [0.29, 0.717) is 0 Å². The lowest BCUT2D eigenvalue weighted by molar-refractivity contribution is 1.29. The Hall–Kier alpha value is -0.890. The molecule has 1 aromatic heterocycles. The van der Waals surface area contributed by atoms with Gasteiger partial charge in [-0.15, -0.1) is 11.1 Å². The van der Waals surface area contributed by atoms with E-state index in [2.05, 4.69) is 51.5 Å². The number of hydrogen-bond donors (Lipinski definition) is 1. The molecule has 0 N–H and O–H groups in total. The summed E-state index contributed by atoms with van der Waals surface area (Å²) in [4.78, 5) is 0. The Labute approximate surface area is 63.2 Å². The number of thiol groups is 1. The second-order valence-electron chi connectivity index (χ2n) is 2.13. The van der Waals surface area contributed by atoms with E-state index < -0.39 is 0 Å². The third-order valence-electron chi connectivity index (χ3n) is 1.44. The summed E-state index contributed by atoms with van der Waals surface area (Å²) in [6.45, 7) is 0. The fourth-order valence-electron chi connectivity index (χ4n) is 0.959.